The van der Waals surface area contributed by atoms with Crippen LogP contribution in [0.15, 0.2) is 0 Å². The average Bonchev–Trinajstić information content (AvgIpc) is 2.52. The first kappa shape index (κ1) is 11.9. The SMILES string of the molecule is CN(CC1(C#N)CCC1)C1CCS(=O)(=O)C1. The van der Waals surface area contributed by atoms with Gasteiger partial charge in [-0.25, -0.2) is 8.42 Å². The fraction of sp³-hybridized carbons (Fsp3) is 0.909. The zero-order chi connectivity index (χ0) is 11.8. The van der Waals surface area contributed by atoms with Crippen LogP contribution in [0.1, 0.15) is 25.7 Å². The van der Waals surface area contributed by atoms with E-state index in [2.05, 4.69) is 11.0 Å². The van der Waals surface area contributed by atoms with E-state index in [-0.39, 0.29) is 17.2 Å². The topological polar surface area (TPSA) is 61.2 Å². The van der Waals surface area contributed by atoms with Crippen molar-refractivity contribution in [1.29, 1.82) is 5.26 Å². The van der Waals surface area contributed by atoms with E-state index in [1.54, 1.807) is 0 Å². The van der Waals surface area contributed by atoms with E-state index in [0.717, 1.165) is 32.2 Å². The second-order valence-electron chi connectivity index (χ2n) is 5.22. The Morgan fingerprint density at radius 3 is 2.56 bits per heavy atom. The van der Waals surface area contributed by atoms with Gasteiger partial charge in [-0.1, -0.05) is 6.42 Å². The highest BCUT2D eigenvalue weighted by Gasteiger charge is 2.40. The van der Waals surface area contributed by atoms with Crippen molar-refractivity contribution in [2.75, 3.05) is 25.1 Å². The molecule has 0 aromatic heterocycles. The highest BCUT2D eigenvalue weighted by Crippen LogP contribution is 2.41. The van der Waals surface area contributed by atoms with E-state index < -0.39 is 9.84 Å². The maximum atomic E-state index is 11.4. The van der Waals surface area contributed by atoms with E-state index in [0.29, 0.717) is 5.75 Å². The molecule has 90 valence electrons. The quantitative estimate of drug-likeness (QED) is 0.734. The van der Waals surface area contributed by atoms with E-state index >= 15 is 0 Å². The number of sulfone groups is 1. The summed E-state index contributed by atoms with van der Waals surface area (Å²) in [6.45, 7) is 0.726. The Balaban J connectivity index is 1.94. The van der Waals surface area contributed by atoms with E-state index in [4.69, 9.17) is 5.26 Å². The minimum atomic E-state index is -2.82. The molecule has 5 heteroatoms. The highest BCUT2D eigenvalue weighted by molar-refractivity contribution is 7.91. The molecule has 2 rings (SSSR count). The molecule has 1 heterocycles. The van der Waals surface area contributed by atoms with E-state index in [1.165, 1.54) is 0 Å². The lowest BCUT2D eigenvalue weighted by molar-refractivity contribution is 0.116. The number of hydrogen-bond donors (Lipinski definition) is 0. The Morgan fingerprint density at radius 1 is 1.50 bits per heavy atom. The Labute approximate surface area is 97.2 Å². The third-order valence-corrected chi connectivity index (χ3v) is 5.68. The first-order chi connectivity index (χ1) is 7.46. The van der Waals surface area contributed by atoms with Crippen LogP contribution in [-0.4, -0.2) is 44.5 Å². The molecule has 1 aliphatic heterocycles. The fourth-order valence-corrected chi connectivity index (χ4v) is 4.44. The van der Waals surface area contributed by atoms with Gasteiger partial charge < -0.3 is 4.90 Å². The van der Waals surface area contributed by atoms with Crippen molar-refractivity contribution in [3.63, 3.8) is 0 Å². The molecule has 1 atom stereocenters. The van der Waals surface area contributed by atoms with Crippen LogP contribution >= 0.6 is 0 Å². The summed E-state index contributed by atoms with van der Waals surface area (Å²) in [5.74, 6) is 0.576. The maximum Gasteiger partial charge on any atom is 0.151 e. The first-order valence-electron chi connectivity index (χ1n) is 5.78. The van der Waals surface area contributed by atoms with Crippen molar-refractivity contribution in [1.82, 2.24) is 4.90 Å². The normalized spacial score (nSPS) is 30.9. The molecule has 0 amide bonds. The van der Waals surface area contributed by atoms with Crippen molar-refractivity contribution in [3.05, 3.63) is 0 Å². The molecule has 0 radical (unpaired) electrons. The average molecular weight is 242 g/mol. The molecule has 2 aliphatic rings. The second-order valence-corrected chi connectivity index (χ2v) is 7.45. The molecule has 1 unspecified atom stereocenters. The predicted octanol–water partition coefficient (Wildman–Crippen LogP) is 0.799. The van der Waals surface area contributed by atoms with E-state index in [1.807, 2.05) is 7.05 Å². The summed E-state index contributed by atoms with van der Waals surface area (Å²) in [4.78, 5) is 2.08. The molecule has 1 aliphatic carbocycles. The van der Waals surface area contributed by atoms with Crippen molar-refractivity contribution in [2.45, 2.75) is 31.7 Å². The molecule has 2 fully saturated rings. The lowest BCUT2D eigenvalue weighted by atomic mass is 9.69. The van der Waals surface area contributed by atoms with Crippen LogP contribution in [0.5, 0.6) is 0 Å². The summed E-state index contributed by atoms with van der Waals surface area (Å²) < 4.78 is 22.7. The molecule has 4 nitrogen and oxygen atoms in total. The third kappa shape index (κ3) is 2.23. The first-order valence-corrected chi connectivity index (χ1v) is 7.60. The lowest BCUT2D eigenvalue weighted by Crippen LogP contribution is -2.44. The van der Waals surface area contributed by atoms with Gasteiger partial charge in [0.15, 0.2) is 9.84 Å². The van der Waals surface area contributed by atoms with Gasteiger partial charge in [-0.3, -0.25) is 0 Å². The number of nitrogens with zero attached hydrogens (tertiary/aromatic N) is 2. The van der Waals surface area contributed by atoms with Crippen LogP contribution in [0.3, 0.4) is 0 Å². The van der Waals surface area contributed by atoms with Gasteiger partial charge in [-0.05, 0) is 26.3 Å². The molecule has 0 aromatic carbocycles. The molecule has 0 spiro atoms. The minimum Gasteiger partial charge on any atom is -0.301 e. The monoisotopic (exact) mass is 242 g/mol. The summed E-state index contributed by atoms with van der Waals surface area (Å²) >= 11 is 0. The molecule has 0 N–H and O–H groups in total. The summed E-state index contributed by atoms with van der Waals surface area (Å²) in [5, 5.41) is 9.14. The molecule has 1 saturated heterocycles. The van der Waals surface area contributed by atoms with Crippen molar-refractivity contribution >= 4 is 9.84 Å². The molecular formula is C11H18N2O2S. The zero-order valence-corrected chi connectivity index (χ0v) is 10.5. The number of nitriles is 1. The van der Waals surface area contributed by atoms with Crippen LogP contribution in [-0.2, 0) is 9.84 Å². The van der Waals surface area contributed by atoms with Crippen molar-refractivity contribution < 1.29 is 8.42 Å². The molecular weight excluding hydrogens is 224 g/mol. The number of rotatable bonds is 3. The van der Waals surface area contributed by atoms with Crippen LogP contribution in [0.25, 0.3) is 0 Å². The smallest absolute Gasteiger partial charge is 0.151 e. The van der Waals surface area contributed by atoms with Gasteiger partial charge in [0.05, 0.1) is 23.0 Å². The Morgan fingerprint density at radius 2 is 2.19 bits per heavy atom. The van der Waals surface area contributed by atoms with Gasteiger partial charge in [-0.15, -0.1) is 0 Å². The largest absolute Gasteiger partial charge is 0.301 e. The zero-order valence-electron chi connectivity index (χ0n) is 9.65. The van der Waals surface area contributed by atoms with Gasteiger partial charge >= 0.3 is 0 Å². The van der Waals surface area contributed by atoms with E-state index in [9.17, 15) is 8.42 Å². The summed E-state index contributed by atoms with van der Waals surface area (Å²) in [5.41, 5.74) is -0.193. The van der Waals surface area contributed by atoms with Crippen molar-refractivity contribution in [2.24, 2.45) is 5.41 Å². The summed E-state index contributed by atoms with van der Waals surface area (Å²) in [7, 11) is -0.869. The Hall–Kier alpha value is -0.600. The van der Waals surface area contributed by atoms with Gasteiger partial charge in [0.25, 0.3) is 0 Å². The second kappa shape index (κ2) is 4.01. The molecule has 0 bridgehead atoms. The molecule has 1 saturated carbocycles. The Kier molecular flexibility index (Phi) is 2.97. The van der Waals surface area contributed by atoms with Crippen LogP contribution < -0.4 is 0 Å². The molecule has 0 aromatic rings. The summed E-state index contributed by atoms with van der Waals surface area (Å²) in [6.07, 6.45) is 3.78. The van der Waals surface area contributed by atoms with Crippen LogP contribution in [0.4, 0.5) is 0 Å². The fourth-order valence-electron chi connectivity index (χ4n) is 2.64. The minimum absolute atomic E-state index is 0.121. The lowest BCUT2D eigenvalue weighted by Gasteiger charge is -2.39. The Bertz CT molecular complexity index is 406. The number of hydrogen-bond acceptors (Lipinski definition) is 4. The third-order valence-electron chi connectivity index (χ3n) is 3.93. The highest BCUT2D eigenvalue weighted by atomic mass is 32.2. The summed E-state index contributed by atoms with van der Waals surface area (Å²) in [6, 6.07) is 2.52. The standard InChI is InChI=1S/C11H18N2O2S/c1-13(9-11(8-12)4-2-5-11)10-3-6-16(14,15)7-10/h10H,2-7,9H2,1H3. The van der Waals surface area contributed by atoms with Gasteiger partial charge in [0, 0.05) is 12.6 Å². The van der Waals surface area contributed by atoms with Crippen LogP contribution in [0.2, 0.25) is 0 Å². The van der Waals surface area contributed by atoms with Gasteiger partial charge in [0.2, 0.25) is 0 Å². The molecule has 16 heavy (non-hydrogen) atoms. The van der Waals surface area contributed by atoms with Crippen LogP contribution in [0, 0.1) is 16.7 Å². The van der Waals surface area contributed by atoms with Crippen molar-refractivity contribution in [3.8, 4) is 6.07 Å². The maximum absolute atomic E-state index is 11.4. The van der Waals surface area contributed by atoms with Gasteiger partial charge in [-0.2, -0.15) is 5.26 Å². The predicted molar refractivity (Wildman–Crippen MR) is 61.6 cm³/mol. The van der Waals surface area contributed by atoms with Gasteiger partial charge in [0.1, 0.15) is 0 Å².